The smallest absolute Gasteiger partial charge is 0.346 e. The minimum atomic E-state index is -1.08. The van der Waals surface area contributed by atoms with Crippen LogP contribution in [0.5, 0.6) is 5.75 Å². The van der Waals surface area contributed by atoms with Crippen molar-refractivity contribution in [2.45, 2.75) is 13.0 Å². The zero-order chi connectivity index (χ0) is 13.9. The van der Waals surface area contributed by atoms with Crippen LogP contribution in [0.4, 0.5) is 10.1 Å². The van der Waals surface area contributed by atoms with Gasteiger partial charge in [0.2, 0.25) is 5.82 Å². The first-order valence-corrected chi connectivity index (χ1v) is 5.12. The van der Waals surface area contributed by atoms with E-state index in [0.717, 1.165) is 19.2 Å². The maximum atomic E-state index is 13.2. The maximum Gasteiger partial charge on any atom is 0.346 e. The summed E-state index contributed by atoms with van der Waals surface area (Å²) in [7, 11) is 1.16. The molecule has 0 amide bonds. The van der Waals surface area contributed by atoms with Crippen molar-refractivity contribution in [1.29, 1.82) is 0 Å². The van der Waals surface area contributed by atoms with Crippen LogP contribution in [0, 0.1) is 15.9 Å². The van der Waals surface area contributed by atoms with Crippen LogP contribution in [0.2, 0.25) is 5.02 Å². The number of nitro benzene ring substituents is 1. The number of hydrogen-bond donors (Lipinski definition) is 0. The summed E-state index contributed by atoms with van der Waals surface area (Å²) in [4.78, 5) is 20.7. The molecule has 1 rings (SSSR count). The lowest BCUT2D eigenvalue weighted by atomic mass is 10.3. The molecule has 0 spiro atoms. The number of carbonyl (C=O) groups is 1. The van der Waals surface area contributed by atoms with Crippen molar-refractivity contribution < 1.29 is 23.6 Å². The molecule has 18 heavy (non-hydrogen) atoms. The molecule has 0 aliphatic carbocycles. The molecule has 0 bridgehead atoms. The fraction of sp³-hybridized carbons (Fsp3) is 0.300. The van der Waals surface area contributed by atoms with Crippen molar-refractivity contribution in [3.63, 3.8) is 0 Å². The molecule has 1 aromatic rings. The number of carbonyl (C=O) groups excluding carboxylic acids is 1. The molecule has 1 aromatic carbocycles. The van der Waals surface area contributed by atoms with Gasteiger partial charge in [-0.25, -0.2) is 4.79 Å². The average molecular weight is 278 g/mol. The monoisotopic (exact) mass is 277 g/mol. The van der Waals surface area contributed by atoms with Gasteiger partial charge in [0, 0.05) is 6.07 Å². The van der Waals surface area contributed by atoms with E-state index in [1.807, 2.05) is 0 Å². The van der Waals surface area contributed by atoms with Crippen molar-refractivity contribution in [3.8, 4) is 5.75 Å². The van der Waals surface area contributed by atoms with Gasteiger partial charge in [0.1, 0.15) is 5.75 Å². The van der Waals surface area contributed by atoms with Crippen LogP contribution in [0.25, 0.3) is 0 Å². The van der Waals surface area contributed by atoms with Crippen molar-refractivity contribution in [2.75, 3.05) is 7.11 Å². The summed E-state index contributed by atoms with van der Waals surface area (Å²) in [6.45, 7) is 1.37. The Labute approximate surface area is 106 Å². The van der Waals surface area contributed by atoms with Crippen LogP contribution in [-0.4, -0.2) is 24.1 Å². The molecule has 0 saturated heterocycles. The Kier molecular flexibility index (Phi) is 4.43. The van der Waals surface area contributed by atoms with E-state index in [9.17, 15) is 19.3 Å². The first-order chi connectivity index (χ1) is 8.36. The Bertz CT molecular complexity index is 493. The number of nitro groups is 1. The van der Waals surface area contributed by atoms with E-state index < -0.39 is 28.5 Å². The molecule has 0 heterocycles. The van der Waals surface area contributed by atoms with E-state index in [1.165, 1.54) is 6.92 Å². The largest absolute Gasteiger partial charge is 0.477 e. The molecule has 0 N–H and O–H groups in total. The number of methoxy groups -OCH3 is 1. The fourth-order valence-electron chi connectivity index (χ4n) is 1.15. The Hall–Kier alpha value is -1.89. The minimum absolute atomic E-state index is 0.164. The highest BCUT2D eigenvalue weighted by atomic mass is 35.5. The highest BCUT2D eigenvalue weighted by molar-refractivity contribution is 6.32. The molecule has 1 atom stereocenters. The first kappa shape index (κ1) is 14.2. The van der Waals surface area contributed by atoms with Gasteiger partial charge in [0.05, 0.1) is 23.1 Å². The predicted octanol–water partition coefficient (Wildman–Crippen LogP) is 2.33. The summed E-state index contributed by atoms with van der Waals surface area (Å²) in [6.07, 6.45) is -1.02. The molecule has 0 aliphatic rings. The summed E-state index contributed by atoms with van der Waals surface area (Å²) in [5.41, 5.74) is -0.786. The molecular formula is C10H9ClFNO5. The summed E-state index contributed by atoms with van der Waals surface area (Å²) in [5.74, 6) is -1.93. The molecule has 0 fully saturated rings. The Morgan fingerprint density at radius 2 is 2.17 bits per heavy atom. The predicted molar refractivity (Wildman–Crippen MR) is 60.2 cm³/mol. The normalized spacial score (nSPS) is 11.8. The third kappa shape index (κ3) is 3.07. The molecule has 0 radical (unpaired) electrons. The van der Waals surface area contributed by atoms with Crippen molar-refractivity contribution in [3.05, 3.63) is 33.1 Å². The summed E-state index contributed by atoms with van der Waals surface area (Å²) in [5, 5.41) is 10.4. The molecular weight excluding hydrogens is 269 g/mol. The summed E-state index contributed by atoms with van der Waals surface area (Å²) in [6, 6.07) is 1.57. The lowest BCUT2D eigenvalue weighted by Gasteiger charge is -2.13. The van der Waals surface area contributed by atoms with Gasteiger partial charge in [0.15, 0.2) is 6.10 Å². The second-order valence-electron chi connectivity index (χ2n) is 3.27. The van der Waals surface area contributed by atoms with E-state index in [1.54, 1.807) is 0 Å². The Morgan fingerprint density at radius 3 is 2.67 bits per heavy atom. The molecule has 1 unspecified atom stereocenters. The van der Waals surface area contributed by atoms with E-state index in [0.29, 0.717) is 0 Å². The van der Waals surface area contributed by atoms with Gasteiger partial charge < -0.3 is 9.47 Å². The van der Waals surface area contributed by atoms with E-state index in [4.69, 9.17) is 16.3 Å². The standard InChI is InChI=1S/C10H9ClFNO5/c1-5(10(14)17-2)18-9-4-8(13(15)16)7(12)3-6(9)11/h3-5H,1-2H3. The van der Waals surface area contributed by atoms with Crippen molar-refractivity contribution in [1.82, 2.24) is 0 Å². The SMILES string of the molecule is COC(=O)C(C)Oc1cc([N+](=O)[O-])c(F)cc1Cl. The van der Waals surface area contributed by atoms with Gasteiger partial charge in [-0.1, -0.05) is 11.6 Å². The molecule has 8 heteroatoms. The van der Waals surface area contributed by atoms with Crippen molar-refractivity contribution in [2.24, 2.45) is 0 Å². The molecule has 0 saturated carbocycles. The molecule has 98 valence electrons. The number of halogens is 2. The van der Waals surface area contributed by atoms with Gasteiger partial charge in [-0.05, 0) is 6.92 Å². The van der Waals surface area contributed by atoms with Crippen LogP contribution >= 0.6 is 11.6 Å². The Morgan fingerprint density at radius 1 is 1.56 bits per heavy atom. The third-order valence-corrected chi connectivity index (χ3v) is 2.33. The van der Waals surface area contributed by atoms with Crippen LogP contribution in [0.1, 0.15) is 6.92 Å². The van der Waals surface area contributed by atoms with Crippen LogP contribution in [-0.2, 0) is 9.53 Å². The highest BCUT2D eigenvalue weighted by Gasteiger charge is 2.22. The van der Waals surface area contributed by atoms with Gasteiger partial charge in [-0.2, -0.15) is 4.39 Å². The van der Waals surface area contributed by atoms with Gasteiger partial charge >= 0.3 is 11.7 Å². The van der Waals surface area contributed by atoms with E-state index in [-0.39, 0.29) is 10.8 Å². The van der Waals surface area contributed by atoms with Crippen LogP contribution < -0.4 is 4.74 Å². The number of nitrogens with zero attached hydrogens (tertiary/aromatic N) is 1. The molecule has 0 aliphatic heterocycles. The number of esters is 1. The van der Waals surface area contributed by atoms with Crippen LogP contribution in [0.3, 0.4) is 0 Å². The van der Waals surface area contributed by atoms with E-state index in [2.05, 4.69) is 4.74 Å². The van der Waals surface area contributed by atoms with Gasteiger partial charge in [-0.15, -0.1) is 0 Å². The van der Waals surface area contributed by atoms with E-state index >= 15 is 0 Å². The Balaban J connectivity index is 3.06. The first-order valence-electron chi connectivity index (χ1n) is 4.74. The zero-order valence-corrected chi connectivity index (χ0v) is 10.2. The van der Waals surface area contributed by atoms with Gasteiger partial charge in [0.25, 0.3) is 0 Å². The topological polar surface area (TPSA) is 78.7 Å². The van der Waals surface area contributed by atoms with Crippen LogP contribution in [0.15, 0.2) is 12.1 Å². The highest BCUT2D eigenvalue weighted by Crippen LogP contribution is 2.32. The van der Waals surface area contributed by atoms with Gasteiger partial charge in [-0.3, -0.25) is 10.1 Å². The molecule has 6 nitrogen and oxygen atoms in total. The fourth-order valence-corrected chi connectivity index (χ4v) is 1.35. The third-order valence-electron chi connectivity index (χ3n) is 2.03. The zero-order valence-electron chi connectivity index (χ0n) is 9.48. The average Bonchev–Trinajstić information content (AvgIpc) is 2.30. The quantitative estimate of drug-likeness (QED) is 0.479. The lowest BCUT2D eigenvalue weighted by molar-refractivity contribution is -0.387. The molecule has 0 aromatic heterocycles. The van der Waals surface area contributed by atoms with Crippen molar-refractivity contribution >= 4 is 23.3 Å². The number of hydrogen-bond acceptors (Lipinski definition) is 5. The summed E-state index contributed by atoms with van der Waals surface area (Å²) < 4.78 is 22.6. The second kappa shape index (κ2) is 5.63. The lowest BCUT2D eigenvalue weighted by Crippen LogP contribution is -2.25. The number of ether oxygens (including phenoxy) is 2. The summed E-state index contributed by atoms with van der Waals surface area (Å²) >= 11 is 5.66. The second-order valence-corrected chi connectivity index (χ2v) is 3.68. The number of rotatable bonds is 4. The minimum Gasteiger partial charge on any atom is -0.477 e. The maximum absolute atomic E-state index is 13.2. The number of benzene rings is 1.